The maximum Gasteiger partial charge on any atom is 0.164 e. The molecule has 0 aliphatic rings. The lowest BCUT2D eigenvalue weighted by atomic mass is 9.89. The molecule has 0 radical (unpaired) electrons. The summed E-state index contributed by atoms with van der Waals surface area (Å²) in [6, 6.07) is 74.4. The third-order valence-corrected chi connectivity index (χ3v) is 10.5. The maximum atomic E-state index is 4.94. The van der Waals surface area contributed by atoms with Gasteiger partial charge in [-0.3, -0.25) is 0 Å². The van der Waals surface area contributed by atoms with E-state index in [0.29, 0.717) is 34.9 Å². The van der Waals surface area contributed by atoms with E-state index in [1.807, 2.05) is 121 Å². The van der Waals surface area contributed by atoms with Crippen LogP contribution in [0.4, 0.5) is 0 Å². The number of hydrogen-bond donors (Lipinski definition) is 0. The number of hydrogen-bond acceptors (Lipinski definition) is 6. The normalized spacial score (nSPS) is 11.0. The first-order valence-electron chi connectivity index (χ1n) is 19.9. The summed E-state index contributed by atoms with van der Waals surface area (Å²) in [5.41, 5.74) is 12.3. The first kappa shape index (κ1) is 36.1. The van der Waals surface area contributed by atoms with E-state index in [4.69, 9.17) is 29.9 Å². The van der Waals surface area contributed by atoms with E-state index < -0.39 is 0 Å². The molecule has 2 heterocycles. The van der Waals surface area contributed by atoms with E-state index in [0.717, 1.165) is 66.8 Å². The quantitative estimate of drug-likeness (QED) is 0.145. The van der Waals surface area contributed by atoms with Crippen molar-refractivity contribution in [2.24, 2.45) is 0 Å². The Bertz CT molecular complexity index is 2720. The van der Waals surface area contributed by atoms with Gasteiger partial charge in [-0.2, -0.15) is 0 Å². The number of nitrogens with zero attached hydrogens (tertiary/aromatic N) is 6. The predicted molar refractivity (Wildman–Crippen MR) is 242 cm³/mol. The second kappa shape index (κ2) is 16.3. The highest BCUT2D eigenvalue weighted by molar-refractivity contribution is 5.92. The molecule has 0 saturated carbocycles. The second-order valence-electron chi connectivity index (χ2n) is 14.3. The molecule has 0 fully saturated rings. The molecule has 6 heteroatoms. The van der Waals surface area contributed by atoms with Crippen molar-refractivity contribution >= 4 is 0 Å². The van der Waals surface area contributed by atoms with E-state index in [9.17, 15) is 0 Å². The van der Waals surface area contributed by atoms with Crippen LogP contribution in [0.2, 0.25) is 0 Å². The average Bonchev–Trinajstić information content (AvgIpc) is 3.35. The van der Waals surface area contributed by atoms with Gasteiger partial charge in [0.25, 0.3) is 0 Å². The molecular weight excluding hydrogens is 733 g/mol. The van der Waals surface area contributed by atoms with Crippen molar-refractivity contribution in [3.05, 3.63) is 218 Å². The molecule has 0 spiro atoms. The fourth-order valence-corrected chi connectivity index (χ4v) is 7.41. The molecule has 10 rings (SSSR count). The third kappa shape index (κ3) is 7.49. The van der Waals surface area contributed by atoms with Gasteiger partial charge in [-0.05, 0) is 33.4 Å². The van der Waals surface area contributed by atoms with Crippen molar-refractivity contribution in [2.45, 2.75) is 0 Å². The lowest BCUT2D eigenvalue weighted by Gasteiger charge is -2.15. The molecule has 10 aromatic rings. The van der Waals surface area contributed by atoms with Gasteiger partial charge in [0.1, 0.15) is 0 Å². The van der Waals surface area contributed by atoms with Crippen molar-refractivity contribution < 1.29 is 0 Å². The Morgan fingerprint density at radius 2 is 0.333 bits per heavy atom. The molecule has 60 heavy (non-hydrogen) atoms. The van der Waals surface area contributed by atoms with Gasteiger partial charge >= 0.3 is 0 Å². The molecular formula is C54H36N6. The SMILES string of the molecule is c1ccc(-c2nc(-c3ccccc3)nc(-c3ccc(-c4ccccc4-c4ccccc4-c4ccc(-c5nc(-c6ccccc6)nc(-c6ccccc6)n5)cc4)cc3)n2)cc1. The molecule has 0 amide bonds. The average molecular weight is 769 g/mol. The van der Waals surface area contributed by atoms with Crippen LogP contribution in [0.3, 0.4) is 0 Å². The minimum atomic E-state index is 0.626. The molecule has 0 unspecified atom stereocenters. The van der Waals surface area contributed by atoms with E-state index in [2.05, 4.69) is 97.1 Å². The summed E-state index contributed by atoms with van der Waals surface area (Å²) in [6.45, 7) is 0. The first-order chi connectivity index (χ1) is 29.7. The minimum absolute atomic E-state index is 0.626. The summed E-state index contributed by atoms with van der Waals surface area (Å²) in [5.74, 6) is 3.81. The summed E-state index contributed by atoms with van der Waals surface area (Å²) in [6.07, 6.45) is 0. The van der Waals surface area contributed by atoms with Gasteiger partial charge in [-0.1, -0.05) is 218 Å². The summed E-state index contributed by atoms with van der Waals surface area (Å²) in [7, 11) is 0. The summed E-state index contributed by atoms with van der Waals surface area (Å²) >= 11 is 0. The zero-order valence-corrected chi connectivity index (χ0v) is 32.5. The first-order valence-corrected chi connectivity index (χ1v) is 19.9. The molecule has 8 aromatic carbocycles. The Kier molecular flexibility index (Phi) is 9.84. The van der Waals surface area contributed by atoms with Crippen LogP contribution in [0.15, 0.2) is 218 Å². The van der Waals surface area contributed by atoms with E-state index in [1.54, 1.807) is 0 Å². The van der Waals surface area contributed by atoms with E-state index in [-0.39, 0.29) is 0 Å². The zero-order valence-electron chi connectivity index (χ0n) is 32.5. The van der Waals surface area contributed by atoms with Crippen molar-refractivity contribution in [2.75, 3.05) is 0 Å². The van der Waals surface area contributed by atoms with Gasteiger partial charge in [0.05, 0.1) is 0 Å². The molecule has 0 bridgehead atoms. The van der Waals surface area contributed by atoms with Gasteiger partial charge in [-0.15, -0.1) is 0 Å². The maximum absolute atomic E-state index is 4.94. The van der Waals surface area contributed by atoms with Crippen LogP contribution in [0, 0.1) is 0 Å². The Morgan fingerprint density at radius 3 is 0.583 bits per heavy atom. The summed E-state index contributed by atoms with van der Waals surface area (Å²) < 4.78 is 0. The molecule has 0 N–H and O–H groups in total. The largest absolute Gasteiger partial charge is 0.208 e. The lowest BCUT2D eigenvalue weighted by Crippen LogP contribution is -2.00. The number of benzene rings is 8. The van der Waals surface area contributed by atoms with Crippen molar-refractivity contribution in [1.29, 1.82) is 0 Å². The van der Waals surface area contributed by atoms with Crippen LogP contribution in [0.5, 0.6) is 0 Å². The topological polar surface area (TPSA) is 77.3 Å². The fourth-order valence-electron chi connectivity index (χ4n) is 7.41. The van der Waals surface area contributed by atoms with Crippen LogP contribution in [0.1, 0.15) is 0 Å². The Hall–Kier alpha value is -8.22. The van der Waals surface area contributed by atoms with Gasteiger partial charge in [0.15, 0.2) is 34.9 Å². The van der Waals surface area contributed by atoms with Gasteiger partial charge in [0.2, 0.25) is 0 Å². The van der Waals surface area contributed by atoms with Crippen molar-refractivity contribution in [3.8, 4) is 102 Å². The van der Waals surface area contributed by atoms with Crippen LogP contribution in [-0.4, -0.2) is 29.9 Å². The van der Waals surface area contributed by atoms with Crippen molar-refractivity contribution in [1.82, 2.24) is 29.9 Å². The molecule has 282 valence electrons. The standard InChI is InChI=1S/C54H36N6/c1-5-17-39(18-6-1)49-55-50(40-19-7-2-8-20-40)58-53(57-49)43-33-29-37(30-34-43)45-25-13-15-27-47(45)48-28-16-14-26-46(48)38-31-35-44(36-32-38)54-59-51(41-21-9-3-10-22-41)56-52(60-54)42-23-11-4-12-24-42/h1-36H. The molecule has 2 aromatic heterocycles. The Balaban J connectivity index is 0.985. The van der Waals surface area contributed by atoms with Crippen LogP contribution < -0.4 is 0 Å². The minimum Gasteiger partial charge on any atom is -0.208 e. The monoisotopic (exact) mass is 768 g/mol. The number of rotatable bonds is 9. The fraction of sp³-hybridized carbons (Fsp3) is 0. The molecule has 0 aliphatic carbocycles. The molecule has 0 aliphatic heterocycles. The highest BCUT2D eigenvalue weighted by atomic mass is 15.0. The van der Waals surface area contributed by atoms with Crippen LogP contribution in [-0.2, 0) is 0 Å². The van der Waals surface area contributed by atoms with E-state index >= 15 is 0 Å². The van der Waals surface area contributed by atoms with E-state index in [1.165, 1.54) is 0 Å². The smallest absolute Gasteiger partial charge is 0.164 e. The van der Waals surface area contributed by atoms with Gasteiger partial charge in [-0.25, -0.2) is 29.9 Å². The molecule has 0 saturated heterocycles. The second-order valence-corrected chi connectivity index (χ2v) is 14.3. The Morgan fingerprint density at radius 1 is 0.150 bits per heavy atom. The highest BCUT2D eigenvalue weighted by Gasteiger charge is 2.17. The Labute approximate surface area is 348 Å². The van der Waals surface area contributed by atoms with Crippen molar-refractivity contribution in [3.63, 3.8) is 0 Å². The summed E-state index contributed by atoms with van der Waals surface area (Å²) in [4.78, 5) is 29.5. The zero-order chi connectivity index (χ0) is 40.1. The summed E-state index contributed by atoms with van der Waals surface area (Å²) in [5, 5.41) is 0. The van der Waals surface area contributed by atoms with Crippen LogP contribution in [0.25, 0.3) is 102 Å². The highest BCUT2D eigenvalue weighted by Crippen LogP contribution is 2.39. The number of aromatic nitrogens is 6. The predicted octanol–water partition coefficient (Wildman–Crippen LogP) is 13.1. The van der Waals surface area contributed by atoms with Gasteiger partial charge < -0.3 is 0 Å². The van der Waals surface area contributed by atoms with Gasteiger partial charge in [0, 0.05) is 33.4 Å². The van der Waals surface area contributed by atoms with Crippen LogP contribution >= 0.6 is 0 Å². The molecule has 6 nitrogen and oxygen atoms in total. The molecule has 0 atom stereocenters. The third-order valence-electron chi connectivity index (χ3n) is 10.5. The lowest BCUT2D eigenvalue weighted by molar-refractivity contribution is 1.07.